The highest BCUT2D eigenvalue weighted by Gasteiger charge is 2.47. The van der Waals surface area contributed by atoms with Gasteiger partial charge in [0.2, 0.25) is 0 Å². The summed E-state index contributed by atoms with van der Waals surface area (Å²) in [6.07, 6.45) is 1.61. The Bertz CT molecular complexity index is 1370. The lowest BCUT2D eigenvalue weighted by Gasteiger charge is -2.21. The number of urea groups is 1. The van der Waals surface area contributed by atoms with E-state index in [1.54, 1.807) is 19.2 Å². The Morgan fingerprint density at radius 3 is 2.33 bits per heavy atom. The minimum Gasteiger partial charge on any atom is -0.308 e. The van der Waals surface area contributed by atoms with E-state index >= 15 is 0 Å². The number of sulfone groups is 1. The van der Waals surface area contributed by atoms with Crippen LogP contribution < -0.4 is 4.90 Å². The van der Waals surface area contributed by atoms with Crippen molar-refractivity contribution in [2.24, 2.45) is 0 Å². The van der Waals surface area contributed by atoms with Crippen molar-refractivity contribution in [1.82, 2.24) is 9.88 Å². The molecule has 11 heteroatoms. The van der Waals surface area contributed by atoms with Crippen LogP contribution in [0.1, 0.15) is 18.1 Å². The van der Waals surface area contributed by atoms with Crippen molar-refractivity contribution in [1.29, 1.82) is 0 Å². The van der Waals surface area contributed by atoms with Gasteiger partial charge >= 0.3 is 11.5 Å². The molecule has 7 nitrogen and oxygen atoms in total. The number of imide groups is 1. The van der Waals surface area contributed by atoms with Gasteiger partial charge in [0.15, 0.2) is 0 Å². The largest absolute Gasteiger partial charge is 0.501 e. The van der Waals surface area contributed by atoms with Gasteiger partial charge in [0.25, 0.3) is 15.7 Å². The van der Waals surface area contributed by atoms with Crippen LogP contribution in [-0.2, 0) is 21.2 Å². The first-order valence-electron chi connectivity index (χ1n) is 9.82. The van der Waals surface area contributed by atoms with Crippen molar-refractivity contribution in [3.05, 3.63) is 65.9 Å². The number of alkyl halides is 3. The average molecular weight is 477 g/mol. The maximum Gasteiger partial charge on any atom is 0.501 e. The number of fused-ring (bicyclic) bond motifs is 1. The van der Waals surface area contributed by atoms with Crippen LogP contribution in [0.5, 0.6) is 0 Å². The minimum atomic E-state index is -5.54. The van der Waals surface area contributed by atoms with Gasteiger partial charge < -0.3 is 4.90 Å². The summed E-state index contributed by atoms with van der Waals surface area (Å²) in [5.41, 5.74) is -2.98. The summed E-state index contributed by atoms with van der Waals surface area (Å²) in [7, 11) is -5.54. The van der Waals surface area contributed by atoms with Crippen LogP contribution in [0.3, 0.4) is 0 Å². The Hall–Kier alpha value is -3.47. The Kier molecular flexibility index (Phi) is 5.39. The highest BCUT2D eigenvalue weighted by atomic mass is 32.2. The van der Waals surface area contributed by atoms with Crippen molar-refractivity contribution in [3.63, 3.8) is 0 Å². The van der Waals surface area contributed by atoms with Crippen molar-refractivity contribution < 1.29 is 31.2 Å². The van der Waals surface area contributed by atoms with Crippen LogP contribution >= 0.6 is 0 Å². The number of hydrogen-bond acceptors (Lipinski definition) is 5. The van der Waals surface area contributed by atoms with Gasteiger partial charge in [0, 0.05) is 18.1 Å². The molecule has 0 N–H and O–H groups in total. The molecule has 1 saturated heterocycles. The molecule has 2 heterocycles. The zero-order valence-corrected chi connectivity index (χ0v) is 18.3. The van der Waals surface area contributed by atoms with Crippen LogP contribution in [0.2, 0.25) is 0 Å². The van der Waals surface area contributed by atoms with Crippen molar-refractivity contribution in [2.45, 2.75) is 36.8 Å². The molecule has 1 aliphatic rings. The van der Waals surface area contributed by atoms with E-state index < -0.39 is 38.2 Å². The molecule has 3 aromatic rings. The molecule has 0 spiro atoms. The van der Waals surface area contributed by atoms with Gasteiger partial charge in [-0.05, 0) is 61.4 Å². The van der Waals surface area contributed by atoms with E-state index in [1.807, 2.05) is 25.1 Å². The number of amides is 3. The third-order valence-corrected chi connectivity index (χ3v) is 7.10. The third-order valence-electron chi connectivity index (χ3n) is 5.59. The van der Waals surface area contributed by atoms with E-state index in [9.17, 15) is 31.2 Å². The van der Waals surface area contributed by atoms with E-state index in [1.165, 1.54) is 4.90 Å². The second-order valence-corrected chi connectivity index (χ2v) is 9.58. The monoisotopic (exact) mass is 477 g/mol. The Morgan fingerprint density at radius 1 is 1.03 bits per heavy atom. The Labute approximate surface area is 187 Å². The molecule has 1 aromatic heterocycles. The molecular weight excluding hydrogens is 459 g/mol. The fourth-order valence-corrected chi connectivity index (χ4v) is 4.60. The number of rotatable bonds is 4. The van der Waals surface area contributed by atoms with Crippen LogP contribution in [0, 0.1) is 6.92 Å². The molecule has 1 unspecified atom stereocenters. The first-order valence-corrected chi connectivity index (χ1v) is 11.3. The Balaban J connectivity index is 1.65. The first kappa shape index (κ1) is 22.7. The highest BCUT2D eigenvalue weighted by Crippen LogP contribution is 2.33. The quantitative estimate of drug-likeness (QED) is 0.526. The molecule has 1 atom stereocenters. The molecule has 1 fully saturated rings. The summed E-state index contributed by atoms with van der Waals surface area (Å²) in [4.78, 5) is 31.5. The molecule has 2 aromatic carbocycles. The molecule has 3 amide bonds. The van der Waals surface area contributed by atoms with Gasteiger partial charge in [-0.2, -0.15) is 13.2 Å². The van der Waals surface area contributed by atoms with E-state index in [0.29, 0.717) is 0 Å². The summed E-state index contributed by atoms with van der Waals surface area (Å²) in [6.45, 7) is 3.59. The Morgan fingerprint density at radius 2 is 1.70 bits per heavy atom. The number of aryl methyl sites for hydroxylation is 1. The third kappa shape index (κ3) is 3.71. The summed E-state index contributed by atoms with van der Waals surface area (Å²) >= 11 is 0. The zero-order valence-electron chi connectivity index (χ0n) is 17.5. The van der Waals surface area contributed by atoms with Crippen molar-refractivity contribution in [2.75, 3.05) is 4.90 Å². The topological polar surface area (TPSA) is 87.7 Å². The summed E-state index contributed by atoms with van der Waals surface area (Å²) in [6, 6.07) is 9.38. The van der Waals surface area contributed by atoms with Crippen LogP contribution in [0.4, 0.5) is 23.7 Å². The predicted octanol–water partition coefficient (Wildman–Crippen LogP) is 4.19. The van der Waals surface area contributed by atoms with Gasteiger partial charge in [-0.1, -0.05) is 12.1 Å². The molecule has 1 aliphatic heterocycles. The molecule has 0 aliphatic carbocycles. The molecule has 0 bridgehead atoms. The number of pyridine rings is 1. The second kappa shape index (κ2) is 7.84. The van der Waals surface area contributed by atoms with Crippen LogP contribution in [0.15, 0.2) is 59.6 Å². The molecule has 4 rings (SSSR count). The maximum atomic E-state index is 13.1. The van der Waals surface area contributed by atoms with E-state index in [2.05, 4.69) is 4.98 Å². The number of halogens is 3. The molecular formula is C22H18F3N3O4S. The van der Waals surface area contributed by atoms with Gasteiger partial charge in [-0.15, -0.1) is 0 Å². The number of hydrogen-bond donors (Lipinski definition) is 0. The SMILES string of the molecule is Cc1cccc2nccc(CN3C(=O)N(c4ccc(S(=O)(=O)C(F)(F)F)cc4)C(=O)C3C)c12. The number of aromatic nitrogens is 1. The lowest BCUT2D eigenvalue weighted by Crippen LogP contribution is -2.33. The van der Waals surface area contributed by atoms with E-state index in [4.69, 9.17) is 0 Å². The summed E-state index contributed by atoms with van der Waals surface area (Å²) in [5, 5.41) is 0.868. The summed E-state index contributed by atoms with van der Waals surface area (Å²) < 4.78 is 61.5. The average Bonchev–Trinajstić information content (AvgIpc) is 2.96. The van der Waals surface area contributed by atoms with Gasteiger partial charge in [0.05, 0.1) is 16.1 Å². The number of carbonyl (C=O) groups is 2. The molecule has 0 saturated carbocycles. The van der Waals surface area contributed by atoms with Gasteiger partial charge in [-0.3, -0.25) is 9.78 Å². The van der Waals surface area contributed by atoms with E-state index in [-0.39, 0.29) is 12.2 Å². The van der Waals surface area contributed by atoms with Gasteiger partial charge in [-0.25, -0.2) is 18.1 Å². The normalized spacial score (nSPS) is 17.3. The molecule has 33 heavy (non-hydrogen) atoms. The number of nitrogens with zero attached hydrogens (tertiary/aromatic N) is 3. The minimum absolute atomic E-state index is 0.0174. The fourth-order valence-electron chi connectivity index (χ4n) is 3.84. The summed E-state index contributed by atoms with van der Waals surface area (Å²) in [5.74, 6) is -0.568. The zero-order chi connectivity index (χ0) is 24.1. The lowest BCUT2D eigenvalue weighted by molar-refractivity contribution is -0.119. The second-order valence-electron chi connectivity index (χ2n) is 7.64. The fraction of sp³-hybridized carbons (Fsp3) is 0.227. The molecule has 0 radical (unpaired) electrons. The van der Waals surface area contributed by atoms with Gasteiger partial charge in [0.1, 0.15) is 6.04 Å². The lowest BCUT2D eigenvalue weighted by atomic mass is 10.0. The smallest absolute Gasteiger partial charge is 0.308 e. The number of anilines is 1. The van der Waals surface area contributed by atoms with Crippen molar-refractivity contribution >= 4 is 38.4 Å². The highest BCUT2D eigenvalue weighted by molar-refractivity contribution is 7.92. The van der Waals surface area contributed by atoms with Crippen LogP contribution in [-0.4, -0.2) is 41.8 Å². The molecule has 172 valence electrons. The maximum absolute atomic E-state index is 13.1. The number of benzene rings is 2. The van der Waals surface area contributed by atoms with E-state index in [0.717, 1.165) is 51.2 Å². The standard InChI is InChI=1S/C22H18F3N3O4S/c1-13-4-3-5-18-19(13)15(10-11-26-18)12-27-14(2)20(29)28(21(27)30)16-6-8-17(9-7-16)33(31,32)22(23,24)25/h3-11,14H,12H2,1-2H3. The first-order chi connectivity index (χ1) is 15.4. The number of carbonyl (C=O) groups excluding carboxylic acids is 2. The predicted molar refractivity (Wildman–Crippen MR) is 114 cm³/mol. The van der Waals surface area contributed by atoms with Crippen molar-refractivity contribution in [3.8, 4) is 0 Å². The van der Waals surface area contributed by atoms with Crippen LogP contribution in [0.25, 0.3) is 10.9 Å².